The van der Waals surface area contributed by atoms with Gasteiger partial charge >= 0.3 is 12.1 Å². The molecule has 0 spiro atoms. The second-order valence-corrected chi connectivity index (χ2v) is 7.08. The highest BCUT2D eigenvalue weighted by molar-refractivity contribution is 5.91. The number of rotatable bonds is 7. The third kappa shape index (κ3) is 6.47. The molecule has 1 saturated heterocycles. The fourth-order valence-electron chi connectivity index (χ4n) is 3.32. The summed E-state index contributed by atoms with van der Waals surface area (Å²) in [4.78, 5) is 15.1. The Morgan fingerprint density at radius 3 is 2.24 bits per heavy atom. The van der Waals surface area contributed by atoms with Crippen LogP contribution in [0.2, 0.25) is 0 Å². The van der Waals surface area contributed by atoms with Gasteiger partial charge in [0, 0.05) is 32.7 Å². The van der Waals surface area contributed by atoms with Crippen LogP contribution in [-0.4, -0.2) is 59.8 Å². The molecule has 0 saturated carbocycles. The van der Waals surface area contributed by atoms with Crippen LogP contribution in [0.25, 0.3) is 0 Å². The number of piperazine rings is 1. The summed E-state index contributed by atoms with van der Waals surface area (Å²) in [7, 11) is 0. The first kappa shape index (κ1) is 21.1. The van der Waals surface area contributed by atoms with Gasteiger partial charge in [-0.1, -0.05) is 36.4 Å². The zero-order chi connectivity index (χ0) is 20.9. The molecule has 2 aromatic rings. The predicted octanol–water partition coefficient (Wildman–Crippen LogP) is 3.64. The van der Waals surface area contributed by atoms with Crippen molar-refractivity contribution in [1.29, 1.82) is 0 Å². The van der Waals surface area contributed by atoms with Crippen molar-refractivity contribution in [1.82, 2.24) is 9.80 Å². The van der Waals surface area contributed by atoms with Crippen molar-refractivity contribution in [3.8, 4) is 5.75 Å². The largest absolute Gasteiger partial charge is 0.488 e. The molecule has 156 valence electrons. The zero-order valence-corrected chi connectivity index (χ0v) is 15.9. The number of alkyl halides is 3. The maximum atomic E-state index is 12.5. The van der Waals surface area contributed by atoms with Crippen LogP contribution in [0.15, 0.2) is 48.5 Å². The SMILES string of the molecule is O=C(O)c1cc(CN2CCN(CC(F)(F)F)CC2)ccc1OCc1ccccc1. The van der Waals surface area contributed by atoms with Crippen LogP contribution in [0.5, 0.6) is 5.75 Å². The van der Waals surface area contributed by atoms with E-state index in [0.717, 1.165) is 11.1 Å². The molecule has 0 radical (unpaired) electrons. The molecule has 8 heteroatoms. The van der Waals surface area contributed by atoms with Gasteiger partial charge in [0.15, 0.2) is 0 Å². The molecule has 1 aliphatic heterocycles. The van der Waals surface area contributed by atoms with Crippen LogP contribution in [0.4, 0.5) is 13.2 Å². The summed E-state index contributed by atoms with van der Waals surface area (Å²) in [5.41, 5.74) is 1.80. The van der Waals surface area contributed by atoms with Crippen molar-refractivity contribution in [2.75, 3.05) is 32.7 Å². The minimum Gasteiger partial charge on any atom is -0.488 e. The maximum absolute atomic E-state index is 12.5. The van der Waals surface area contributed by atoms with Crippen LogP contribution < -0.4 is 4.74 Å². The number of hydrogen-bond donors (Lipinski definition) is 1. The molecule has 0 aliphatic carbocycles. The fourth-order valence-corrected chi connectivity index (χ4v) is 3.32. The van der Waals surface area contributed by atoms with Gasteiger partial charge in [0.05, 0.1) is 6.54 Å². The van der Waals surface area contributed by atoms with Crippen LogP contribution in [0.1, 0.15) is 21.5 Å². The number of aromatic carboxylic acids is 1. The van der Waals surface area contributed by atoms with E-state index >= 15 is 0 Å². The molecule has 3 rings (SSSR count). The fraction of sp³-hybridized carbons (Fsp3) is 0.381. The first-order chi connectivity index (χ1) is 13.8. The van der Waals surface area contributed by atoms with E-state index in [4.69, 9.17) is 4.74 Å². The molecule has 1 heterocycles. The Bertz CT molecular complexity index is 820. The van der Waals surface area contributed by atoms with Gasteiger partial charge in [-0.2, -0.15) is 13.2 Å². The summed E-state index contributed by atoms with van der Waals surface area (Å²) in [6.45, 7) is 1.54. The van der Waals surface area contributed by atoms with E-state index < -0.39 is 18.7 Å². The van der Waals surface area contributed by atoms with Crippen LogP contribution >= 0.6 is 0 Å². The van der Waals surface area contributed by atoms with Gasteiger partial charge in [-0.25, -0.2) is 4.79 Å². The molecule has 0 amide bonds. The molecule has 5 nitrogen and oxygen atoms in total. The number of benzene rings is 2. The van der Waals surface area contributed by atoms with E-state index in [9.17, 15) is 23.1 Å². The summed E-state index contributed by atoms with van der Waals surface area (Å²) in [6.07, 6.45) is -4.19. The standard InChI is InChI=1S/C21H23F3N2O3/c22-21(23,24)15-26-10-8-25(9-11-26)13-17-6-7-19(18(12-17)20(27)28)29-14-16-4-2-1-3-5-16/h1-7,12H,8-11,13-15H2,(H,27,28). The summed E-state index contributed by atoms with van der Waals surface area (Å²) >= 11 is 0. The van der Waals surface area contributed by atoms with E-state index in [-0.39, 0.29) is 12.2 Å². The van der Waals surface area contributed by atoms with Crippen molar-refractivity contribution < 1.29 is 27.8 Å². The minimum atomic E-state index is -4.19. The van der Waals surface area contributed by atoms with E-state index in [0.29, 0.717) is 38.5 Å². The Labute approximate surface area is 167 Å². The smallest absolute Gasteiger partial charge is 0.401 e. The highest BCUT2D eigenvalue weighted by Gasteiger charge is 2.32. The minimum absolute atomic E-state index is 0.0779. The maximum Gasteiger partial charge on any atom is 0.401 e. The summed E-state index contributed by atoms with van der Waals surface area (Å²) < 4.78 is 43.2. The number of ether oxygens (including phenoxy) is 1. The van der Waals surface area contributed by atoms with Gasteiger partial charge in [-0.15, -0.1) is 0 Å². The number of carboxylic acid groups (broad SMARTS) is 1. The first-order valence-electron chi connectivity index (χ1n) is 9.34. The molecule has 1 N–H and O–H groups in total. The van der Waals surface area contributed by atoms with Crippen LogP contribution in [-0.2, 0) is 13.2 Å². The average molecular weight is 408 g/mol. The van der Waals surface area contributed by atoms with Crippen molar-refractivity contribution in [3.05, 3.63) is 65.2 Å². The van der Waals surface area contributed by atoms with Gasteiger partial charge in [-0.3, -0.25) is 9.80 Å². The van der Waals surface area contributed by atoms with Gasteiger partial charge in [0.1, 0.15) is 17.9 Å². The quantitative estimate of drug-likeness (QED) is 0.758. The number of halogens is 3. The molecule has 0 unspecified atom stereocenters. The third-order valence-corrected chi connectivity index (χ3v) is 4.79. The lowest BCUT2D eigenvalue weighted by atomic mass is 10.1. The Kier molecular flexibility index (Phi) is 6.76. The lowest BCUT2D eigenvalue weighted by molar-refractivity contribution is -0.149. The number of hydrogen-bond acceptors (Lipinski definition) is 4. The lowest BCUT2D eigenvalue weighted by Crippen LogP contribution is -2.48. The third-order valence-electron chi connectivity index (χ3n) is 4.79. The normalized spacial score (nSPS) is 16.0. The summed E-state index contributed by atoms with van der Waals surface area (Å²) in [5.74, 6) is -0.787. The second-order valence-electron chi connectivity index (χ2n) is 7.08. The molecular formula is C21H23F3N2O3. The number of carbonyl (C=O) groups is 1. The molecule has 1 aliphatic rings. The Morgan fingerprint density at radius 2 is 1.62 bits per heavy atom. The van der Waals surface area contributed by atoms with Crippen molar-refractivity contribution >= 4 is 5.97 Å². The zero-order valence-electron chi connectivity index (χ0n) is 15.9. The highest BCUT2D eigenvalue weighted by atomic mass is 19.4. The van der Waals surface area contributed by atoms with Crippen molar-refractivity contribution in [3.63, 3.8) is 0 Å². The second kappa shape index (κ2) is 9.28. The van der Waals surface area contributed by atoms with Crippen molar-refractivity contribution in [2.24, 2.45) is 0 Å². The lowest BCUT2D eigenvalue weighted by Gasteiger charge is -2.35. The predicted molar refractivity (Wildman–Crippen MR) is 102 cm³/mol. The van der Waals surface area contributed by atoms with E-state index in [1.165, 1.54) is 4.90 Å². The summed E-state index contributed by atoms with van der Waals surface area (Å²) in [6, 6.07) is 14.5. The molecule has 0 bridgehead atoms. The highest BCUT2D eigenvalue weighted by Crippen LogP contribution is 2.23. The van der Waals surface area contributed by atoms with Crippen LogP contribution in [0, 0.1) is 0 Å². The summed E-state index contributed by atoms with van der Waals surface area (Å²) in [5, 5.41) is 9.53. The first-order valence-corrected chi connectivity index (χ1v) is 9.34. The van der Waals surface area contributed by atoms with Gasteiger partial charge in [-0.05, 0) is 23.3 Å². The van der Waals surface area contributed by atoms with Gasteiger partial charge in [0.2, 0.25) is 0 Å². The average Bonchev–Trinajstić information content (AvgIpc) is 2.68. The molecule has 2 aromatic carbocycles. The van der Waals surface area contributed by atoms with Crippen molar-refractivity contribution in [2.45, 2.75) is 19.3 Å². The van der Waals surface area contributed by atoms with Gasteiger partial charge in [0.25, 0.3) is 0 Å². The molecule has 29 heavy (non-hydrogen) atoms. The number of nitrogens with zero attached hydrogens (tertiary/aromatic N) is 2. The monoisotopic (exact) mass is 408 g/mol. The molecule has 0 atom stereocenters. The topological polar surface area (TPSA) is 53.0 Å². The van der Waals surface area contributed by atoms with E-state index in [1.54, 1.807) is 18.2 Å². The van der Waals surface area contributed by atoms with E-state index in [2.05, 4.69) is 0 Å². The van der Waals surface area contributed by atoms with E-state index in [1.807, 2.05) is 35.2 Å². The number of carboxylic acids is 1. The molecule has 1 fully saturated rings. The Morgan fingerprint density at radius 1 is 0.966 bits per heavy atom. The molecular weight excluding hydrogens is 385 g/mol. The van der Waals surface area contributed by atoms with Gasteiger partial charge < -0.3 is 9.84 Å². The Hall–Kier alpha value is -2.58. The Balaban J connectivity index is 1.59. The molecule has 0 aromatic heterocycles. The van der Waals surface area contributed by atoms with Crippen LogP contribution in [0.3, 0.4) is 0 Å².